The zero-order chi connectivity index (χ0) is 23.3. The molecule has 8 nitrogen and oxygen atoms in total. The number of anilines is 1. The maximum absolute atomic E-state index is 13.4. The van der Waals surface area contributed by atoms with Crippen LogP contribution in [0.3, 0.4) is 0 Å². The third-order valence-electron chi connectivity index (χ3n) is 5.88. The fourth-order valence-electron chi connectivity index (χ4n) is 4.19. The van der Waals surface area contributed by atoms with E-state index in [0.29, 0.717) is 27.7 Å². The molecular weight excluding hydrogens is 535 g/mol. The van der Waals surface area contributed by atoms with Crippen LogP contribution in [0.15, 0.2) is 66.7 Å². The number of rotatable bonds is 4. The average molecular weight is 554 g/mol. The minimum Gasteiger partial charge on any atom is -0.465 e. The summed E-state index contributed by atoms with van der Waals surface area (Å²) in [5, 5.41) is 21.3. The summed E-state index contributed by atoms with van der Waals surface area (Å²) in [6.45, 7) is 0.215. The second-order valence-corrected chi connectivity index (χ2v) is 9.12. The molecule has 0 fully saturated rings. The molecule has 3 N–H and O–H groups in total. The van der Waals surface area contributed by atoms with Gasteiger partial charge in [0.2, 0.25) is 5.95 Å². The molecule has 0 aliphatic carbocycles. The van der Waals surface area contributed by atoms with Gasteiger partial charge in [-0.3, -0.25) is 14.6 Å². The minimum absolute atomic E-state index is 0.167. The molecule has 1 aliphatic rings. The fraction of sp³-hybridized carbons (Fsp3) is 0.125. The van der Waals surface area contributed by atoms with Gasteiger partial charge in [-0.25, -0.2) is 9.78 Å². The lowest BCUT2D eigenvalue weighted by Crippen LogP contribution is -2.44. The van der Waals surface area contributed by atoms with Gasteiger partial charge in [0, 0.05) is 33.9 Å². The zero-order valence-electron chi connectivity index (χ0n) is 17.5. The topological polar surface area (TPSA) is 110 Å². The van der Waals surface area contributed by atoms with E-state index in [9.17, 15) is 19.8 Å². The molecule has 0 saturated heterocycles. The van der Waals surface area contributed by atoms with Gasteiger partial charge in [0.25, 0.3) is 5.91 Å². The third-order valence-corrected chi connectivity index (χ3v) is 6.55. The Kier molecular flexibility index (Phi) is 5.09. The SMILES string of the molecule is CN(C(=O)O)c1nc2cc(C3(O)c4ccccc4C(=O)N3Cc3cccc(I)c3)ccc2[nH]1. The molecule has 2 heterocycles. The molecule has 0 bridgehead atoms. The number of benzene rings is 3. The van der Waals surface area contributed by atoms with Crippen LogP contribution in [-0.4, -0.2) is 44.1 Å². The second-order valence-electron chi connectivity index (χ2n) is 7.87. The first-order valence-electron chi connectivity index (χ1n) is 10.1. The highest BCUT2D eigenvalue weighted by molar-refractivity contribution is 14.1. The van der Waals surface area contributed by atoms with E-state index in [-0.39, 0.29) is 18.4 Å². The molecule has 2 amide bonds. The summed E-state index contributed by atoms with van der Waals surface area (Å²) in [5.41, 5.74) is 1.70. The number of aliphatic hydroxyl groups is 1. The van der Waals surface area contributed by atoms with Crippen LogP contribution >= 0.6 is 22.6 Å². The zero-order valence-corrected chi connectivity index (χ0v) is 19.6. The number of H-pyrrole nitrogens is 1. The van der Waals surface area contributed by atoms with Gasteiger partial charge in [0.05, 0.1) is 11.0 Å². The van der Waals surface area contributed by atoms with E-state index in [1.54, 1.807) is 42.5 Å². The Morgan fingerprint density at radius 2 is 1.94 bits per heavy atom. The molecule has 33 heavy (non-hydrogen) atoms. The number of hydrogen-bond donors (Lipinski definition) is 3. The number of carbonyl (C=O) groups is 2. The molecule has 3 aromatic carbocycles. The van der Waals surface area contributed by atoms with E-state index < -0.39 is 11.8 Å². The highest BCUT2D eigenvalue weighted by atomic mass is 127. The van der Waals surface area contributed by atoms with Gasteiger partial charge in [0.1, 0.15) is 0 Å². The van der Waals surface area contributed by atoms with Crippen LogP contribution in [0, 0.1) is 3.57 Å². The third kappa shape index (κ3) is 3.44. The van der Waals surface area contributed by atoms with E-state index >= 15 is 0 Å². The van der Waals surface area contributed by atoms with Crippen LogP contribution in [0.4, 0.5) is 10.7 Å². The molecule has 1 unspecified atom stereocenters. The van der Waals surface area contributed by atoms with E-state index in [0.717, 1.165) is 14.0 Å². The van der Waals surface area contributed by atoms with Gasteiger partial charge in [-0.05, 0) is 58.5 Å². The summed E-state index contributed by atoms with van der Waals surface area (Å²) in [4.78, 5) is 34.4. The van der Waals surface area contributed by atoms with Crippen LogP contribution < -0.4 is 4.90 Å². The van der Waals surface area contributed by atoms with Gasteiger partial charge in [-0.15, -0.1) is 0 Å². The summed E-state index contributed by atoms with van der Waals surface area (Å²) in [6, 6.07) is 19.9. The van der Waals surface area contributed by atoms with E-state index in [1.807, 2.05) is 24.3 Å². The number of aromatic amines is 1. The number of aromatic nitrogens is 2. The highest BCUT2D eigenvalue weighted by Crippen LogP contribution is 2.43. The molecule has 9 heteroatoms. The summed E-state index contributed by atoms with van der Waals surface area (Å²) in [6.07, 6.45) is -1.15. The van der Waals surface area contributed by atoms with Gasteiger partial charge in [-0.2, -0.15) is 0 Å². The van der Waals surface area contributed by atoms with Crippen molar-refractivity contribution in [3.8, 4) is 0 Å². The van der Waals surface area contributed by atoms with Crippen molar-refractivity contribution in [2.75, 3.05) is 11.9 Å². The molecule has 0 spiro atoms. The molecule has 0 radical (unpaired) electrons. The highest BCUT2D eigenvalue weighted by Gasteiger charge is 2.49. The molecule has 4 aromatic rings. The van der Waals surface area contributed by atoms with Crippen molar-refractivity contribution in [2.45, 2.75) is 12.3 Å². The number of nitrogens with one attached hydrogen (secondary N) is 1. The first-order valence-corrected chi connectivity index (χ1v) is 11.2. The van der Waals surface area contributed by atoms with E-state index in [4.69, 9.17) is 0 Å². The van der Waals surface area contributed by atoms with E-state index in [1.165, 1.54) is 11.9 Å². The molecule has 0 saturated carbocycles. The van der Waals surface area contributed by atoms with Crippen LogP contribution in [0.2, 0.25) is 0 Å². The Morgan fingerprint density at radius 3 is 2.70 bits per heavy atom. The van der Waals surface area contributed by atoms with Crippen molar-refractivity contribution in [1.82, 2.24) is 14.9 Å². The monoisotopic (exact) mass is 554 g/mol. The molecule has 166 valence electrons. The molecule has 1 atom stereocenters. The van der Waals surface area contributed by atoms with Crippen LogP contribution in [0.1, 0.15) is 27.0 Å². The van der Waals surface area contributed by atoms with E-state index in [2.05, 4.69) is 32.6 Å². The van der Waals surface area contributed by atoms with Crippen LogP contribution in [0.5, 0.6) is 0 Å². The Balaban J connectivity index is 1.64. The summed E-state index contributed by atoms with van der Waals surface area (Å²) < 4.78 is 1.03. The largest absolute Gasteiger partial charge is 0.465 e. The van der Waals surface area contributed by atoms with Crippen LogP contribution in [-0.2, 0) is 12.3 Å². The predicted octanol–water partition coefficient (Wildman–Crippen LogP) is 4.13. The Morgan fingerprint density at radius 1 is 1.15 bits per heavy atom. The molecule has 1 aromatic heterocycles. The summed E-state index contributed by atoms with van der Waals surface area (Å²) >= 11 is 2.22. The molecule has 5 rings (SSSR count). The summed E-state index contributed by atoms with van der Waals surface area (Å²) in [7, 11) is 1.39. The van der Waals surface area contributed by atoms with Crippen molar-refractivity contribution >= 4 is 51.6 Å². The van der Waals surface area contributed by atoms with Gasteiger partial charge < -0.3 is 15.2 Å². The number of nitrogens with zero attached hydrogens (tertiary/aromatic N) is 3. The Bertz CT molecular complexity index is 1420. The Hall–Kier alpha value is -3.44. The smallest absolute Gasteiger partial charge is 0.413 e. The number of fused-ring (bicyclic) bond motifs is 2. The van der Waals surface area contributed by atoms with Crippen molar-refractivity contribution in [3.05, 3.63) is 92.6 Å². The van der Waals surface area contributed by atoms with Gasteiger partial charge in [-0.1, -0.05) is 36.4 Å². The lowest BCUT2D eigenvalue weighted by Gasteiger charge is -2.35. The van der Waals surface area contributed by atoms with Crippen molar-refractivity contribution in [3.63, 3.8) is 0 Å². The quantitative estimate of drug-likeness (QED) is 0.329. The maximum atomic E-state index is 13.4. The molecule has 1 aliphatic heterocycles. The average Bonchev–Trinajstić information content (AvgIpc) is 3.32. The summed E-state index contributed by atoms with van der Waals surface area (Å²) in [5.74, 6) is -0.0966. The predicted molar refractivity (Wildman–Crippen MR) is 131 cm³/mol. The second kappa shape index (κ2) is 7.85. The number of amides is 2. The lowest BCUT2D eigenvalue weighted by atomic mass is 9.93. The minimum atomic E-state index is -1.71. The van der Waals surface area contributed by atoms with Gasteiger partial charge in [0.15, 0.2) is 5.72 Å². The fourth-order valence-corrected chi connectivity index (χ4v) is 4.79. The van der Waals surface area contributed by atoms with Crippen molar-refractivity contribution in [1.29, 1.82) is 0 Å². The van der Waals surface area contributed by atoms with Gasteiger partial charge >= 0.3 is 6.09 Å². The number of imidazole rings is 1. The number of carboxylic acid groups (broad SMARTS) is 1. The number of carbonyl (C=O) groups excluding carboxylic acids is 1. The Labute approximate surface area is 202 Å². The normalized spacial score (nSPS) is 17.4. The number of hydrogen-bond acceptors (Lipinski definition) is 4. The first-order chi connectivity index (χ1) is 15.8. The van der Waals surface area contributed by atoms with Crippen molar-refractivity contribution < 1.29 is 19.8 Å². The number of halogens is 1. The van der Waals surface area contributed by atoms with Crippen LogP contribution in [0.25, 0.3) is 11.0 Å². The maximum Gasteiger partial charge on any atom is 0.413 e. The standard InChI is InChI=1S/C24H19IN4O4/c1-28(23(31)32)22-26-19-10-9-15(12-20(19)27-22)24(33)18-8-3-2-7-17(18)21(30)29(24)13-14-5-4-6-16(25)11-14/h2-12,33H,13H2,1H3,(H,26,27)(H,31,32). The lowest BCUT2D eigenvalue weighted by molar-refractivity contribution is -0.0542. The first kappa shape index (κ1) is 21.4. The molecular formula is C24H19IN4O4. The van der Waals surface area contributed by atoms with Crippen molar-refractivity contribution in [2.24, 2.45) is 0 Å².